The highest BCUT2D eigenvalue weighted by atomic mass is 16.5. The summed E-state index contributed by atoms with van der Waals surface area (Å²) < 4.78 is 5.17. The van der Waals surface area contributed by atoms with Crippen LogP contribution < -0.4 is 0 Å². The van der Waals surface area contributed by atoms with Gasteiger partial charge in [-0.15, -0.1) is 0 Å². The SMILES string of the molecule is COCC(O)(c1ccc(C(C)(C)C)cc1)C(C)C. The molecule has 1 N–H and O–H groups in total. The normalized spacial score (nSPS) is 15.8. The van der Waals surface area contributed by atoms with Crippen LogP contribution in [0.2, 0.25) is 0 Å². The Hall–Kier alpha value is -0.860. The highest BCUT2D eigenvalue weighted by Gasteiger charge is 2.33. The van der Waals surface area contributed by atoms with Crippen LogP contribution in [0.15, 0.2) is 24.3 Å². The molecule has 1 aromatic rings. The molecule has 1 rings (SSSR count). The molecule has 0 amide bonds. The summed E-state index contributed by atoms with van der Waals surface area (Å²) in [6.07, 6.45) is 0. The lowest BCUT2D eigenvalue weighted by molar-refractivity contribution is -0.0700. The Morgan fingerprint density at radius 2 is 1.50 bits per heavy atom. The second-order valence-electron chi connectivity index (χ2n) is 6.34. The molecule has 0 radical (unpaired) electrons. The fourth-order valence-corrected chi connectivity index (χ4v) is 2.06. The Bertz CT molecular complexity index is 373. The lowest BCUT2D eigenvalue weighted by Crippen LogP contribution is -2.37. The van der Waals surface area contributed by atoms with Crippen LogP contribution >= 0.6 is 0 Å². The quantitative estimate of drug-likeness (QED) is 0.886. The summed E-state index contributed by atoms with van der Waals surface area (Å²) in [4.78, 5) is 0. The van der Waals surface area contributed by atoms with Crippen molar-refractivity contribution < 1.29 is 9.84 Å². The summed E-state index contributed by atoms with van der Waals surface area (Å²) in [6.45, 7) is 10.9. The van der Waals surface area contributed by atoms with Crippen LogP contribution in [-0.2, 0) is 15.8 Å². The van der Waals surface area contributed by atoms with Crippen LogP contribution in [0.5, 0.6) is 0 Å². The molecule has 0 aromatic heterocycles. The lowest BCUT2D eigenvalue weighted by Gasteiger charge is -2.32. The largest absolute Gasteiger partial charge is 0.382 e. The van der Waals surface area contributed by atoms with E-state index in [0.29, 0.717) is 6.61 Å². The van der Waals surface area contributed by atoms with Crippen molar-refractivity contribution in [3.8, 4) is 0 Å². The average molecular weight is 250 g/mol. The van der Waals surface area contributed by atoms with Gasteiger partial charge in [0.05, 0.1) is 6.61 Å². The van der Waals surface area contributed by atoms with Crippen molar-refractivity contribution in [3.63, 3.8) is 0 Å². The molecule has 0 bridgehead atoms. The summed E-state index contributed by atoms with van der Waals surface area (Å²) in [5.74, 6) is 0.109. The number of benzene rings is 1. The van der Waals surface area contributed by atoms with E-state index in [2.05, 4.69) is 32.9 Å². The first-order chi connectivity index (χ1) is 8.21. The van der Waals surface area contributed by atoms with Gasteiger partial charge in [0.1, 0.15) is 5.60 Å². The third-order valence-electron chi connectivity index (χ3n) is 3.57. The van der Waals surface area contributed by atoms with E-state index in [-0.39, 0.29) is 11.3 Å². The van der Waals surface area contributed by atoms with E-state index in [9.17, 15) is 5.11 Å². The second kappa shape index (κ2) is 5.41. The van der Waals surface area contributed by atoms with Gasteiger partial charge >= 0.3 is 0 Å². The van der Waals surface area contributed by atoms with Crippen LogP contribution in [0.3, 0.4) is 0 Å². The maximum atomic E-state index is 10.7. The van der Waals surface area contributed by atoms with E-state index < -0.39 is 5.60 Å². The van der Waals surface area contributed by atoms with E-state index >= 15 is 0 Å². The van der Waals surface area contributed by atoms with Crippen molar-refractivity contribution in [3.05, 3.63) is 35.4 Å². The van der Waals surface area contributed by atoms with Crippen molar-refractivity contribution in [1.29, 1.82) is 0 Å². The lowest BCUT2D eigenvalue weighted by atomic mass is 9.81. The minimum Gasteiger partial charge on any atom is -0.382 e. The second-order valence-corrected chi connectivity index (χ2v) is 6.34. The van der Waals surface area contributed by atoms with Crippen LogP contribution in [0.1, 0.15) is 45.7 Å². The topological polar surface area (TPSA) is 29.5 Å². The van der Waals surface area contributed by atoms with Gasteiger partial charge in [-0.05, 0) is 22.5 Å². The van der Waals surface area contributed by atoms with E-state index in [0.717, 1.165) is 5.56 Å². The molecule has 0 spiro atoms. The number of hydrogen-bond acceptors (Lipinski definition) is 2. The summed E-state index contributed by atoms with van der Waals surface area (Å²) in [5, 5.41) is 10.7. The van der Waals surface area contributed by atoms with Gasteiger partial charge in [-0.1, -0.05) is 58.9 Å². The molecule has 0 aliphatic rings. The summed E-state index contributed by atoms with van der Waals surface area (Å²) in [7, 11) is 1.62. The summed E-state index contributed by atoms with van der Waals surface area (Å²) in [5.41, 5.74) is 1.42. The molecule has 0 saturated heterocycles. The smallest absolute Gasteiger partial charge is 0.115 e. The predicted octanol–water partition coefficient (Wildman–Crippen LogP) is 3.47. The van der Waals surface area contributed by atoms with Crippen molar-refractivity contribution in [2.24, 2.45) is 5.92 Å². The molecular formula is C16H26O2. The average Bonchev–Trinajstić information content (AvgIpc) is 2.28. The van der Waals surface area contributed by atoms with Gasteiger partial charge in [0, 0.05) is 7.11 Å². The first-order valence-electron chi connectivity index (χ1n) is 6.54. The highest BCUT2D eigenvalue weighted by molar-refractivity contribution is 5.31. The molecule has 1 unspecified atom stereocenters. The molecular weight excluding hydrogens is 224 g/mol. The molecule has 1 aromatic carbocycles. The predicted molar refractivity (Wildman–Crippen MR) is 75.8 cm³/mol. The van der Waals surface area contributed by atoms with Crippen molar-refractivity contribution >= 4 is 0 Å². The van der Waals surface area contributed by atoms with Gasteiger partial charge in [0.2, 0.25) is 0 Å². The van der Waals surface area contributed by atoms with Crippen molar-refractivity contribution in [1.82, 2.24) is 0 Å². The molecule has 0 fully saturated rings. The molecule has 2 nitrogen and oxygen atoms in total. The Morgan fingerprint density at radius 3 is 1.83 bits per heavy atom. The number of hydrogen-bond donors (Lipinski definition) is 1. The Kier molecular flexibility index (Phi) is 4.57. The summed E-state index contributed by atoms with van der Waals surface area (Å²) in [6, 6.07) is 8.22. The molecule has 18 heavy (non-hydrogen) atoms. The zero-order chi connectivity index (χ0) is 14.0. The minimum atomic E-state index is -0.912. The Labute approximate surface area is 111 Å². The fourth-order valence-electron chi connectivity index (χ4n) is 2.06. The van der Waals surface area contributed by atoms with Gasteiger partial charge in [-0.3, -0.25) is 0 Å². The maximum absolute atomic E-state index is 10.7. The molecule has 0 aliphatic carbocycles. The van der Waals surface area contributed by atoms with Gasteiger partial charge in [0.25, 0.3) is 0 Å². The maximum Gasteiger partial charge on any atom is 0.115 e. The standard InChI is InChI=1S/C16H26O2/c1-12(2)16(17,11-18-6)14-9-7-13(8-10-14)15(3,4)5/h7-10,12,17H,11H2,1-6H3. The van der Waals surface area contributed by atoms with Crippen LogP contribution in [-0.4, -0.2) is 18.8 Å². The molecule has 1 atom stereocenters. The zero-order valence-electron chi connectivity index (χ0n) is 12.4. The summed E-state index contributed by atoms with van der Waals surface area (Å²) >= 11 is 0. The molecule has 2 heteroatoms. The number of ether oxygens (including phenoxy) is 1. The Morgan fingerprint density at radius 1 is 1.06 bits per heavy atom. The van der Waals surface area contributed by atoms with E-state index in [4.69, 9.17) is 4.74 Å². The third kappa shape index (κ3) is 3.12. The van der Waals surface area contributed by atoms with Crippen LogP contribution in [0.4, 0.5) is 0 Å². The first-order valence-corrected chi connectivity index (χ1v) is 6.54. The number of aliphatic hydroxyl groups is 1. The van der Waals surface area contributed by atoms with Gasteiger partial charge < -0.3 is 9.84 Å². The molecule has 0 heterocycles. The molecule has 0 saturated carbocycles. The highest BCUT2D eigenvalue weighted by Crippen LogP contribution is 2.31. The van der Waals surface area contributed by atoms with Crippen molar-refractivity contribution in [2.45, 2.75) is 45.6 Å². The zero-order valence-corrected chi connectivity index (χ0v) is 12.4. The van der Waals surface area contributed by atoms with E-state index in [1.54, 1.807) is 7.11 Å². The fraction of sp³-hybridized carbons (Fsp3) is 0.625. The van der Waals surface area contributed by atoms with Gasteiger partial charge in [0.15, 0.2) is 0 Å². The van der Waals surface area contributed by atoms with Gasteiger partial charge in [-0.2, -0.15) is 0 Å². The Balaban J connectivity index is 3.09. The van der Waals surface area contributed by atoms with E-state index in [1.807, 2.05) is 26.0 Å². The monoisotopic (exact) mass is 250 g/mol. The third-order valence-corrected chi connectivity index (χ3v) is 3.57. The van der Waals surface area contributed by atoms with Gasteiger partial charge in [-0.25, -0.2) is 0 Å². The first kappa shape index (κ1) is 15.2. The van der Waals surface area contributed by atoms with Crippen LogP contribution in [0.25, 0.3) is 0 Å². The van der Waals surface area contributed by atoms with Crippen molar-refractivity contribution in [2.75, 3.05) is 13.7 Å². The van der Waals surface area contributed by atoms with Crippen LogP contribution in [0, 0.1) is 5.92 Å². The number of rotatable bonds is 4. The minimum absolute atomic E-state index is 0.109. The van der Waals surface area contributed by atoms with E-state index in [1.165, 1.54) is 5.56 Å². The molecule has 102 valence electrons. The number of methoxy groups -OCH3 is 1. The molecule has 0 aliphatic heterocycles.